The molecular formula is C22H29ClO5. The summed E-state index contributed by atoms with van der Waals surface area (Å²) >= 11 is 6.05. The second kappa shape index (κ2) is 10.3. The van der Waals surface area contributed by atoms with Gasteiger partial charge in [0.25, 0.3) is 0 Å². The largest absolute Gasteiger partial charge is 0.507 e. The van der Waals surface area contributed by atoms with Gasteiger partial charge in [0.2, 0.25) is 0 Å². The number of aldehydes is 1. The first-order valence-corrected chi connectivity index (χ1v) is 9.62. The minimum absolute atomic E-state index is 0.0770. The van der Waals surface area contributed by atoms with Gasteiger partial charge in [0.15, 0.2) is 6.29 Å². The molecule has 0 atom stereocenters. The highest BCUT2D eigenvalue weighted by atomic mass is 35.5. The molecule has 28 heavy (non-hydrogen) atoms. The van der Waals surface area contributed by atoms with Gasteiger partial charge < -0.3 is 15.3 Å². The fraction of sp³-hybridized carbons (Fsp3) is 0.455. The van der Waals surface area contributed by atoms with Crippen molar-refractivity contribution >= 4 is 23.9 Å². The van der Waals surface area contributed by atoms with Crippen molar-refractivity contribution < 1.29 is 24.9 Å². The van der Waals surface area contributed by atoms with Gasteiger partial charge in [-0.05, 0) is 65.4 Å². The SMILES string of the molecule is C/C(=C\Cc1c(O)c(Cl)c(C)c(C=O)c1O)CC/C=C/CCC(C)(C)C(=O)O. The maximum absolute atomic E-state index is 11.2. The lowest BCUT2D eigenvalue weighted by Crippen LogP contribution is -2.23. The Bertz CT molecular complexity index is 791. The van der Waals surface area contributed by atoms with Crippen LogP contribution >= 0.6 is 11.6 Å². The van der Waals surface area contributed by atoms with E-state index in [1.807, 2.05) is 25.2 Å². The smallest absolute Gasteiger partial charge is 0.309 e. The number of aromatic hydroxyl groups is 2. The summed E-state index contributed by atoms with van der Waals surface area (Å²) in [6.07, 6.45) is 9.59. The molecule has 1 aromatic rings. The van der Waals surface area contributed by atoms with Crippen molar-refractivity contribution in [3.05, 3.63) is 45.5 Å². The number of aliphatic carboxylic acids is 1. The Morgan fingerprint density at radius 1 is 1.14 bits per heavy atom. The van der Waals surface area contributed by atoms with E-state index in [2.05, 4.69) is 0 Å². The van der Waals surface area contributed by atoms with Gasteiger partial charge in [-0.1, -0.05) is 35.4 Å². The Labute approximate surface area is 171 Å². The molecule has 1 rings (SSSR count). The van der Waals surface area contributed by atoms with Crippen LogP contribution < -0.4 is 0 Å². The molecular weight excluding hydrogens is 380 g/mol. The Hall–Kier alpha value is -2.27. The summed E-state index contributed by atoms with van der Waals surface area (Å²) in [6.45, 7) is 6.95. The number of hydrogen-bond donors (Lipinski definition) is 3. The minimum atomic E-state index is -0.792. The molecule has 0 aromatic heterocycles. The van der Waals surface area contributed by atoms with Gasteiger partial charge in [0, 0.05) is 5.56 Å². The van der Waals surface area contributed by atoms with E-state index in [-0.39, 0.29) is 34.1 Å². The van der Waals surface area contributed by atoms with Crippen LogP contribution in [0.25, 0.3) is 0 Å². The van der Waals surface area contributed by atoms with Gasteiger partial charge in [-0.3, -0.25) is 9.59 Å². The van der Waals surface area contributed by atoms with Gasteiger partial charge in [0.1, 0.15) is 11.5 Å². The molecule has 0 bridgehead atoms. The Morgan fingerprint density at radius 3 is 2.32 bits per heavy atom. The van der Waals surface area contributed by atoms with Crippen LogP contribution in [0, 0.1) is 12.3 Å². The topological polar surface area (TPSA) is 94.8 Å². The highest BCUT2D eigenvalue weighted by molar-refractivity contribution is 6.33. The molecule has 5 nitrogen and oxygen atoms in total. The van der Waals surface area contributed by atoms with Gasteiger partial charge in [-0.25, -0.2) is 0 Å². The number of hydrogen-bond acceptors (Lipinski definition) is 4. The molecule has 0 radical (unpaired) electrons. The molecule has 0 aliphatic rings. The molecule has 3 N–H and O–H groups in total. The third-order valence-corrected chi connectivity index (χ3v) is 5.39. The maximum atomic E-state index is 11.2. The lowest BCUT2D eigenvalue weighted by atomic mass is 9.88. The van der Waals surface area contributed by atoms with Crippen LogP contribution in [0.4, 0.5) is 0 Å². The van der Waals surface area contributed by atoms with E-state index in [0.717, 1.165) is 18.4 Å². The zero-order valence-corrected chi connectivity index (χ0v) is 17.6. The van der Waals surface area contributed by atoms with E-state index in [1.165, 1.54) is 0 Å². The number of carbonyl (C=O) groups excluding carboxylic acids is 1. The van der Waals surface area contributed by atoms with E-state index < -0.39 is 11.4 Å². The molecule has 0 heterocycles. The molecule has 0 aliphatic heterocycles. The van der Waals surface area contributed by atoms with Crippen LogP contribution in [0.2, 0.25) is 5.02 Å². The summed E-state index contributed by atoms with van der Waals surface area (Å²) in [6, 6.07) is 0. The average molecular weight is 409 g/mol. The van der Waals surface area contributed by atoms with Crippen molar-refractivity contribution in [2.75, 3.05) is 0 Å². The number of phenols is 2. The Balaban J connectivity index is 2.65. The minimum Gasteiger partial charge on any atom is -0.507 e. The lowest BCUT2D eigenvalue weighted by Gasteiger charge is -2.17. The average Bonchev–Trinajstić information content (AvgIpc) is 2.63. The van der Waals surface area contributed by atoms with Gasteiger partial charge in [-0.2, -0.15) is 0 Å². The quantitative estimate of drug-likeness (QED) is 0.346. The van der Waals surface area contributed by atoms with Crippen molar-refractivity contribution in [3.63, 3.8) is 0 Å². The van der Waals surface area contributed by atoms with Gasteiger partial charge >= 0.3 is 5.97 Å². The fourth-order valence-corrected chi connectivity index (χ4v) is 2.91. The predicted molar refractivity (Wildman–Crippen MR) is 111 cm³/mol. The third-order valence-electron chi connectivity index (χ3n) is 4.93. The predicted octanol–water partition coefficient (Wildman–Crippen LogP) is 5.59. The van der Waals surface area contributed by atoms with Crippen LogP contribution in [0.3, 0.4) is 0 Å². The molecule has 0 spiro atoms. The van der Waals surface area contributed by atoms with Gasteiger partial charge in [0.05, 0.1) is 16.0 Å². The van der Waals surface area contributed by atoms with Crippen LogP contribution in [-0.4, -0.2) is 27.6 Å². The molecule has 0 saturated heterocycles. The molecule has 0 fully saturated rings. The van der Waals surface area contributed by atoms with Crippen LogP contribution in [-0.2, 0) is 11.2 Å². The highest BCUT2D eigenvalue weighted by Gasteiger charge is 2.25. The highest BCUT2D eigenvalue weighted by Crippen LogP contribution is 2.40. The van der Waals surface area contributed by atoms with Crippen molar-refractivity contribution in [1.82, 2.24) is 0 Å². The number of benzene rings is 1. The number of rotatable bonds is 10. The summed E-state index contributed by atoms with van der Waals surface area (Å²) < 4.78 is 0. The number of allylic oxidation sites excluding steroid dienone is 4. The standard InChI is InChI=1S/C22H29ClO5/c1-14(9-7-5-6-8-12-22(3,4)21(27)28)10-11-16-19(25)17(13-24)15(2)18(23)20(16)26/h5-6,10,13,25-26H,7-9,11-12H2,1-4H3,(H,27,28)/b6-5+,14-10+. The zero-order chi connectivity index (χ0) is 21.5. The monoisotopic (exact) mass is 408 g/mol. The van der Waals surface area contributed by atoms with Crippen molar-refractivity contribution in [3.8, 4) is 11.5 Å². The van der Waals surface area contributed by atoms with E-state index in [0.29, 0.717) is 24.7 Å². The van der Waals surface area contributed by atoms with Crippen molar-refractivity contribution in [2.24, 2.45) is 5.41 Å². The van der Waals surface area contributed by atoms with Crippen LogP contribution in [0.5, 0.6) is 11.5 Å². The Kier molecular flexibility index (Phi) is 8.76. The molecule has 154 valence electrons. The van der Waals surface area contributed by atoms with E-state index >= 15 is 0 Å². The number of halogens is 1. The first-order valence-electron chi connectivity index (χ1n) is 9.25. The number of carbonyl (C=O) groups is 2. The molecule has 0 amide bonds. The zero-order valence-electron chi connectivity index (χ0n) is 16.9. The molecule has 0 saturated carbocycles. The lowest BCUT2D eigenvalue weighted by molar-refractivity contribution is -0.147. The second-order valence-electron chi connectivity index (χ2n) is 7.64. The fourth-order valence-electron chi connectivity index (χ4n) is 2.69. The third kappa shape index (κ3) is 6.13. The number of phenolic OH excluding ortho intramolecular Hbond substituents is 2. The first-order chi connectivity index (χ1) is 13.0. The van der Waals surface area contributed by atoms with Gasteiger partial charge in [-0.15, -0.1) is 0 Å². The van der Waals surface area contributed by atoms with Crippen molar-refractivity contribution in [1.29, 1.82) is 0 Å². The van der Waals surface area contributed by atoms with Crippen LogP contribution in [0.15, 0.2) is 23.8 Å². The normalized spacial score (nSPS) is 12.5. The van der Waals surface area contributed by atoms with E-state index in [1.54, 1.807) is 20.8 Å². The number of carboxylic acid groups (broad SMARTS) is 1. The second-order valence-corrected chi connectivity index (χ2v) is 8.02. The number of carboxylic acids is 1. The maximum Gasteiger partial charge on any atom is 0.309 e. The summed E-state index contributed by atoms with van der Waals surface area (Å²) in [5.74, 6) is -1.23. The molecule has 0 aliphatic carbocycles. The molecule has 6 heteroatoms. The molecule has 1 aromatic carbocycles. The summed E-state index contributed by atoms with van der Waals surface area (Å²) in [5, 5.41) is 29.6. The van der Waals surface area contributed by atoms with Crippen LogP contribution in [0.1, 0.15) is 67.9 Å². The molecule has 0 unspecified atom stereocenters. The first kappa shape index (κ1) is 23.8. The van der Waals surface area contributed by atoms with E-state index in [4.69, 9.17) is 16.7 Å². The Morgan fingerprint density at radius 2 is 1.75 bits per heavy atom. The van der Waals surface area contributed by atoms with E-state index in [9.17, 15) is 19.8 Å². The van der Waals surface area contributed by atoms with Crippen molar-refractivity contribution in [2.45, 2.75) is 59.8 Å². The summed E-state index contributed by atoms with van der Waals surface area (Å²) in [7, 11) is 0. The summed E-state index contributed by atoms with van der Waals surface area (Å²) in [4.78, 5) is 22.2. The summed E-state index contributed by atoms with van der Waals surface area (Å²) in [5.41, 5.74) is 1.03.